The first kappa shape index (κ1) is 12.1. The van der Waals surface area contributed by atoms with Gasteiger partial charge >= 0.3 is 0 Å². The lowest BCUT2D eigenvalue weighted by Gasteiger charge is -2.10. The van der Waals surface area contributed by atoms with Crippen molar-refractivity contribution in [3.8, 4) is 5.75 Å². The van der Waals surface area contributed by atoms with Gasteiger partial charge in [-0.05, 0) is 18.6 Å². The summed E-state index contributed by atoms with van der Waals surface area (Å²) in [5, 5.41) is 3.07. The molecule has 90 valence electrons. The van der Waals surface area contributed by atoms with Crippen molar-refractivity contribution >= 4 is 11.3 Å². The van der Waals surface area contributed by atoms with Crippen LogP contribution in [0.3, 0.4) is 0 Å². The lowest BCUT2D eigenvalue weighted by atomic mass is 10.2. The number of benzene rings is 1. The van der Waals surface area contributed by atoms with Gasteiger partial charge in [0.05, 0.1) is 11.6 Å². The van der Waals surface area contributed by atoms with E-state index in [2.05, 4.69) is 4.98 Å². The maximum absolute atomic E-state index is 6.02. The normalized spacial score (nSPS) is 12.3. The van der Waals surface area contributed by atoms with Crippen LogP contribution in [0.15, 0.2) is 41.9 Å². The van der Waals surface area contributed by atoms with E-state index >= 15 is 0 Å². The van der Waals surface area contributed by atoms with E-state index in [-0.39, 0.29) is 6.04 Å². The van der Waals surface area contributed by atoms with Gasteiger partial charge in [-0.3, -0.25) is 0 Å². The number of hydrogen-bond donors (Lipinski definition) is 1. The van der Waals surface area contributed by atoms with E-state index in [1.807, 2.05) is 41.9 Å². The minimum absolute atomic E-state index is 0.116. The van der Waals surface area contributed by atoms with Gasteiger partial charge in [0.2, 0.25) is 0 Å². The topological polar surface area (TPSA) is 48.1 Å². The molecule has 0 saturated carbocycles. The van der Waals surface area contributed by atoms with E-state index < -0.39 is 0 Å². The highest BCUT2D eigenvalue weighted by Crippen LogP contribution is 2.11. The SMILES string of the molecule is NC(CCOc1ccccc1)Cc1nccs1. The average Bonchev–Trinajstić information content (AvgIpc) is 2.83. The van der Waals surface area contributed by atoms with Gasteiger partial charge in [0.1, 0.15) is 5.75 Å². The Labute approximate surface area is 105 Å². The molecule has 1 unspecified atom stereocenters. The number of nitrogens with two attached hydrogens (primary N) is 1. The first-order valence-electron chi connectivity index (χ1n) is 5.66. The van der Waals surface area contributed by atoms with Crippen LogP contribution in [0.5, 0.6) is 5.75 Å². The van der Waals surface area contributed by atoms with Crippen molar-refractivity contribution in [1.29, 1.82) is 0 Å². The van der Waals surface area contributed by atoms with Crippen LogP contribution in [0.1, 0.15) is 11.4 Å². The Bertz CT molecular complexity index is 416. The number of ether oxygens (including phenoxy) is 1. The molecule has 0 fully saturated rings. The summed E-state index contributed by atoms with van der Waals surface area (Å²) >= 11 is 1.65. The van der Waals surface area contributed by atoms with Gasteiger partial charge in [-0.25, -0.2) is 4.98 Å². The molecule has 3 nitrogen and oxygen atoms in total. The van der Waals surface area contributed by atoms with Crippen LogP contribution in [0, 0.1) is 0 Å². The third-order valence-corrected chi connectivity index (χ3v) is 3.22. The van der Waals surface area contributed by atoms with Crippen molar-refractivity contribution in [2.24, 2.45) is 5.73 Å². The third kappa shape index (κ3) is 4.17. The third-order valence-electron chi connectivity index (χ3n) is 2.42. The zero-order chi connectivity index (χ0) is 11.9. The highest BCUT2D eigenvalue weighted by atomic mass is 32.1. The van der Waals surface area contributed by atoms with E-state index in [1.165, 1.54) is 0 Å². The molecule has 0 spiro atoms. The lowest BCUT2D eigenvalue weighted by Crippen LogP contribution is -2.25. The second-order valence-electron chi connectivity index (χ2n) is 3.84. The predicted octanol–water partition coefficient (Wildman–Crippen LogP) is 2.48. The fraction of sp³-hybridized carbons (Fsp3) is 0.308. The molecule has 1 atom stereocenters. The smallest absolute Gasteiger partial charge is 0.119 e. The number of rotatable bonds is 6. The first-order chi connectivity index (χ1) is 8.34. The van der Waals surface area contributed by atoms with Crippen molar-refractivity contribution in [1.82, 2.24) is 4.98 Å². The second-order valence-corrected chi connectivity index (χ2v) is 4.82. The van der Waals surface area contributed by atoms with Gasteiger partial charge in [-0.15, -0.1) is 11.3 Å². The second kappa shape index (κ2) is 6.37. The monoisotopic (exact) mass is 248 g/mol. The molecule has 1 heterocycles. The van der Waals surface area contributed by atoms with Crippen LogP contribution in [0.2, 0.25) is 0 Å². The summed E-state index contributed by atoms with van der Waals surface area (Å²) in [4.78, 5) is 4.22. The summed E-state index contributed by atoms with van der Waals surface area (Å²) in [5.74, 6) is 0.897. The van der Waals surface area contributed by atoms with Crippen LogP contribution in [-0.4, -0.2) is 17.6 Å². The van der Waals surface area contributed by atoms with Crippen molar-refractivity contribution < 1.29 is 4.74 Å². The van der Waals surface area contributed by atoms with E-state index in [9.17, 15) is 0 Å². The summed E-state index contributed by atoms with van der Waals surface area (Å²) < 4.78 is 5.60. The van der Waals surface area contributed by atoms with E-state index in [4.69, 9.17) is 10.5 Å². The Balaban J connectivity index is 1.68. The van der Waals surface area contributed by atoms with Crippen molar-refractivity contribution in [3.63, 3.8) is 0 Å². The Kier molecular flexibility index (Phi) is 4.53. The molecular formula is C13H16N2OS. The Morgan fingerprint density at radius 1 is 1.29 bits per heavy atom. The van der Waals surface area contributed by atoms with E-state index in [0.29, 0.717) is 6.61 Å². The van der Waals surface area contributed by atoms with E-state index in [1.54, 1.807) is 11.3 Å². The minimum atomic E-state index is 0.116. The molecule has 0 radical (unpaired) electrons. The number of para-hydroxylation sites is 1. The summed E-state index contributed by atoms with van der Waals surface area (Å²) in [6, 6.07) is 9.92. The molecule has 2 N–H and O–H groups in total. The highest BCUT2D eigenvalue weighted by Gasteiger charge is 2.06. The molecule has 0 aliphatic heterocycles. The fourth-order valence-corrected chi connectivity index (χ4v) is 2.24. The molecule has 0 saturated heterocycles. The largest absolute Gasteiger partial charge is 0.494 e. The Morgan fingerprint density at radius 2 is 2.12 bits per heavy atom. The Morgan fingerprint density at radius 3 is 2.82 bits per heavy atom. The van der Waals surface area contributed by atoms with Gasteiger partial charge in [0, 0.05) is 24.0 Å². The fourth-order valence-electron chi connectivity index (χ4n) is 1.53. The molecule has 0 amide bonds. The molecule has 4 heteroatoms. The summed E-state index contributed by atoms with van der Waals surface area (Å²) in [6.07, 6.45) is 3.48. The van der Waals surface area contributed by atoms with Gasteiger partial charge in [-0.1, -0.05) is 18.2 Å². The molecule has 1 aromatic heterocycles. The van der Waals surface area contributed by atoms with E-state index in [0.717, 1.165) is 23.6 Å². The molecule has 17 heavy (non-hydrogen) atoms. The maximum Gasteiger partial charge on any atom is 0.119 e. The van der Waals surface area contributed by atoms with Crippen LogP contribution in [0.4, 0.5) is 0 Å². The first-order valence-corrected chi connectivity index (χ1v) is 6.54. The molecule has 1 aromatic carbocycles. The summed E-state index contributed by atoms with van der Waals surface area (Å²) in [5.41, 5.74) is 6.02. The van der Waals surface area contributed by atoms with Crippen LogP contribution in [-0.2, 0) is 6.42 Å². The number of nitrogens with zero attached hydrogens (tertiary/aromatic N) is 1. The van der Waals surface area contributed by atoms with Gasteiger partial charge in [0.25, 0.3) is 0 Å². The van der Waals surface area contributed by atoms with Crippen molar-refractivity contribution in [2.75, 3.05) is 6.61 Å². The Hall–Kier alpha value is -1.39. The van der Waals surface area contributed by atoms with Gasteiger partial charge in [0.15, 0.2) is 0 Å². The lowest BCUT2D eigenvalue weighted by molar-refractivity contribution is 0.297. The molecule has 2 rings (SSSR count). The standard InChI is InChI=1S/C13H16N2OS/c14-11(10-13-15-7-9-17-13)6-8-16-12-4-2-1-3-5-12/h1-5,7,9,11H,6,8,10,14H2. The van der Waals surface area contributed by atoms with Crippen LogP contribution in [0.25, 0.3) is 0 Å². The number of hydrogen-bond acceptors (Lipinski definition) is 4. The van der Waals surface area contributed by atoms with Crippen LogP contribution >= 0.6 is 11.3 Å². The molecule has 0 bridgehead atoms. The summed E-state index contributed by atoms with van der Waals surface area (Å²) in [7, 11) is 0. The van der Waals surface area contributed by atoms with Crippen LogP contribution < -0.4 is 10.5 Å². The number of aromatic nitrogens is 1. The van der Waals surface area contributed by atoms with Gasteiger partial charge in [-0.2, -0.15) is 0 Å². The quantitative estimate of drug-likeness (QED) is 0.854. The summed E-state index contributed by atoms with van der Waals surface area (Å²) in [6.45, 7) is 0.649. The van der Waals surface area contributed by atoms with Crippen molar-refractivity contribution in [2.45, 2.75) is 18.9 Å². The molecule has 0 aliphatic rings. The zero-order valence-corrected chi connectivity index (χ0v) is 10.4. The predicted molar refractivity (Wildman–Crippen MR) is 70.3 cm³/mol. The number of thiazole rings is 1. The maximum atomic E-state index is 6.02. The molecular weight excluding hydrogens is 232 g/mol. The highest BCUT2D eigenvalue weighted by molar-refractivity contribution is 7.09. The molecule has 2 aromatic rings. The zero-order valence-electron chi connectivity index (χ0n) is 9.58. The minimum Gasteiger partial charge on any atom is -0.494 e. The molecule has 0 aliphatic carbocycles. The van der Waals surface area contributed by atoms with Gasteiger partial charge < -0.3 is 10.5 Å². The van der Waals surface area contributed by atoms with Crippen molar-refractivity contribution in [3.05, 3.63) is 46.9 Å². The average molecular weight is 248 g/mol.